The van der Waals surface area contributed by atoms with Gasteiger partial charge in [0, 0.05) is 39.1 Å². The minimum atomic E-state index is -0.295. The van der Waals surface area contributed by atoms with Crippen molar-refractivity contribution in [2.75, 3.05) is 38.2 Å². The number of aromatic nitrogens is 3. The second kappa shape index (κ2) is 10.1. The Morgan fingerprint density at radius 2 is 2.22 bits per heavy atom. The van der Waals surface area contributed by atoms with Crippen molar-refractivity contribution in [2.45, 2.75) is 39.2 Å². The molecule has 4 heterocycles. The number of ether oxygens (including phenoxy) is 2. The van der Waals surface area contributed by atoms with Crippen molar-refractivity contribution in [3.63, 3.8) is 0 Å². The Hall–Kier alpha value is -3.04. The lowest BCUT2D eigenvalue weighted by Crippen LogP contribution is -2.32. The molecule has 3 aromatic heterocycles. The van der Waals surface area contributed by atoms with Gasteiger partial charge in [0.05, 0.1) is 17.1 Å². The third kappa shape index (κ3) is 4.89. The topological polar surface area (TPSA) is 107 Å². The summed E-state index contributed by atoms with van der Waals surface area (Å²) >= 11 is 0. The number of hydrogen-bond acceptors (Lipinski definition) is 7. The fourth-order valence-corrected chi connectivity index (χ4v) is 3.78. The van der Waals surface area contributed by atoms with Gasteiger partial charge in [0.15, 0.2) is 5.65 Å². The van der Waals surface area contributed by atoms with E-state index in [4.69, 9.17) is 9.47 Å². The van der Waals surface area contributed by atoms with E-state index in [0.29, 0.717) is 54.4 Å². The minimum absolute atomic E-state index is 0.0224. The van der Waals surface area contributed by atoms with Crippen LogP contribution in [0.3, 0.4) is 0 Å². The van der Waals surface area contributed by atoms with Crippen LogP contribution >= 0.6 is 0 Å². The Bertz CT molecular complexity index is 1170. The summed E-state index contributed by atoms with van der Waals surface area (Å²) in [6.45, 7) is 6.86. The zero-order chi connectivity index (χ0) is 22.5. The van der Waals surface area contributed by atoms with Crippen LogP contribution < -0.4 is 16.2 Å². The first-order chi connectivity index (χ1) is 15.6. The maximum Gasteiger partial charge on any atom is 0.267 e. The molecular weight excluding hydrogens is 410 g/mol. The first kappa shape index (κ1) is 22.2. The van der Waals surface area contributed by atoms with Crippen molar-refractivity contribution in [1.82, 2.24) is 19.7 Å². The molecule has 0 bridgehead atoms. The van der Waals surface area contributed by atoms with Crippen LogP contribution in [-0.4, -0.2) is 59.3 Å². The van der Waals surface area contributed by atoms with Crippen LogP contribution in [0.15, 0.2) is 29.2 Å². The van der Waals surface area contributed by atoms with Crippen LogP contribution in [-0.2, 0) is 9.47 Å². The number of fused-ring (bicyclic) bond motifs is 2. The van der Waals surface area contributed by atoms with Crippen LogP contribution in [0.1, 0.15) is 42.1 Å². The van der Waals surface area contributed by atoms with Crippen molar-refractivity contribution < 1.29 is 14.3 Å². The number of nitrogens with zero attached hydrogens (tertiary/aromatic N) is 3. The van der Waals surface area contributed by atoms with E-state index in [1.807, 2.05) is 19.9 Å². The Morgan fingerprint density at radius 1 is 1.34 bits per heavy atom. The van der Waals surface area contributed by atoms with E-state index in [2.05, 4.69) is 20.6 Å². The molecule has 0 radical (unpaired) electrons. The molecule has 0 saturated carbocycles. The van der Waals surface area contributed by atoms with Crippen LogP contribution in [0.2, 0.25) is 0 Å². The second-order valence-electron chi connectivity index (χ2n) is 7.93. The molecule has 0 aliphatic carbocycles. The van der Waals surface area contributed by atoms with Crippen LogP contribution in [0.5, 0.6) is 0 Å². The largest absolute Gasteiger partial charge is 0.382 e. The SMILES string of the molecule is CCOCCCNc1nc2nc3ccc(C)cn3c(=O)c2cc1C(=O)NC[C@@H]1CCCO1. The van der Waals surface area contributed by atoms with Gasteiger partial charge in [-0.2, -0.15) is 0 Å². The number of rotatable bonds is 9. The van der Waals surface area contributed by atoms with Gasteiger partial charge in [0.2, 0.25) is 0 Å². The highest BCUT2D eigenvalue weighted by atomic mass is 16.5. The van der Waals surface area contributed by atoms with Crippen LogP contribution in [0.25, 0.3) is 16.7 Å². The third-order valence-corrected chi connectivity index (χ3v) is 5.47. The van der Waals surface area contributed by atoms with E-state index in [1.165, 1.54) is 4.40 Å². The van der Waals surface area contributed by atoms with Gasteiger partial charge in [-0.25, -0.2) is 9.97 Å². The lowest BCUT2D eigenvalue weighted by Gasteiger charge is -2.15. The van der Waals surface area contributed by atoms with E-state index in [9.17, 15) is 9.59 Å². The summed E-state index contributed by atoms with van der Waals surface area (Å²) in [5, 5.41) is 6.44. The predicted molar refractivity (Wildman–Crippen MR) is 122 cm³/mol. The van der Waals surface area contributed by atoms with Crippen LogP contribution in [0.4, 0.5) is 5.82 Å². The molecule has 1 amide bonds. The quantitative estimate of drug-likeness (QED) is 0.389. The summed E-state index contributed by atoms with van der Waals surface area (Å²) in [7, 11) is 0. The molecule has 0 spiro atoms. The summed E-state index contributed by atoms with van der Waals surface area (Å²) in [6, 6.07) is 5.27. The molecule has 0 aromatic carbocycles. The van der Waals surface area contributed by atoms with Gasteiger partial charge in [-0.15, -0.1) is 0 Å². The highest BCUT2D eigenvalue weighted by molar-refractivity contribution is 6.01. The number of amides is 1. The Morgan fingerprint density at radius 3 is 3.00 bits per heavy atom. The number of carbonyl (C=O) groups excluding carboxylic acids is 1. The number of hydrogen-bond donors (Lipinski definition) is 2. The van der Waals surface area contributed by atoms with Gasteiger partial charge in [0.1, 0.15) is 11.5 Å². The first-order valence-corrected chi connectivity index (χ1v) is 11.1. The average molecular weight is 440 g/mol. The summed E-state index contributed by atoms with van der Waals surface area (Å²) in [6.07, 6.45) is 4.45. The third-order valence-electron chi connectivity index (χ3n) is 5.47. The molecule has 3 aromatic rings. The smallest absolute Gasteiger partial charge is 0.267 e. The van der Waals surface area contributed by atoms with Crippen molar-refractivity contribution in [3.8, 4) is 0 Å². The molecule has 1 aliphatic rings. The van der Waals surface area contributed by atoms with E-state index >= 15 is 0 Å². The van der Waals surface area contributed by atoms with Crippen molar-refractivity contribution in [1.29, 1.82) is 0 Å². The van der Waals surface area contributed by atoms with Gasteiger partial charge in [-0.05, 0) is 50.8 Å². The summed E-state index contributed by atoms with van der Waals surface area (Å²) < 4.78 is 12.5. The highest BCUT2D eigenvalue weighted by Gasteiger charge is 2.20. The molecule has 0 unspecified atom stereocenters. The molecule has 1 atom stereocenters. The van der Waals surface area contributed by atoms with Crippen molar-refractivity contribution >= 4 is 28.4 Å². The van der Waals surface area contributed by atoms with E-state index in [-0.39, 0.29) is 17.6 Å². The summed E-state index contributed by atoms with van der Waals surface area (Å²) in [5.74, 6) is 0.109. The zero-order valence-electron chi connectivity index (χ0n) is 18.5. The molecule has 4 rings (SSSR count). The maximum absolute atomic E-state index is 13.1. The van der Waals surface area contributed by atoms with Crippen molar-refractivity contribution in [3.05, 3.63) is 45.9 Å². The second-order valence-corrected chi connectivity index (χ2v) is 7.93. The summed E-state index contributed by atoms with van der Waals surface area (Å²) in [4.78, 5) is 35.3. The molecule has 1 fully saturated rings. The van der Waals surface area contributed by atoms with E-state index in [1.54, 1.807) is 18.3 Å². The lowest BCUT2D eigenvalue weighted by atomic mass is 10.1. The maximum atomic E-state index is 13.1. The lowest BCUT2D eigenvalue weighted by molar-refractivity contribution is 0.0858. The van der Waals surface area contributed by atoms with Gasteiger partial charge in [-0.1, -0.05) is 6.07 Å². The number of anilines is 1. The Balaban J connectivity index is 1.68. The van der Waals surface area contributed by atoms with Crippen molar-refractivity contribution in [2.24, 2.45) is 0 Å². The normalized spacial score (nSPS) is 16.0. The number of aryl methyl sites for hydroxylation is 1. The first-order valence-electron chi connectivity index (χ1n) is 11.1. The molecule has 1 saturated heterocycles. The molecule has 9 heteroatoms. The van der Waals surface area contributed by atoms with Crippen LogP contribution in [0, 0.1) is 6.92 Å². The van der Waals surface area contributed by atoms with Gasteiger partial charge >= 0.3 is 0 Å². The number of pyridine rings is 2. The molecule has 2 N–H and O–H groups in total. The molecule has 32 heavy (non-hydrogen) atoms. The summed E-state index contributed by atoms with van der Waals surface area (Å²) in [5.41, 5.74) is 1.83. The van der Waals surface area contributed by atoms with Gasteiger partial charge in [-0.3, -0.25) is 14.0 Å². The Kier molecular flexibility index (Phi) is 6.96. The average Bonchev–Trinajstić information content (AvgIpc) is 3.31. The van der Waals surface area contributed by atoms with E-state index < -0.39 is 0 Å². The minimum Gasteiger partial charge on any atom is -0.382 e. The zero-order valence-corrected chi connectivity index (χ0v) is 18.5. The molecule has 170 valence electrons. The van der Waals surface area contributed by atoms with Gasteiger partial charge in [0.25, 0.3) is 11.5 Å². The molecule has 9 nitrogen and oxygen atoms in total. The van der Waals surface area contributed by atoms with Gasteiger partial charge < -0.3 is 20.1 Å². The predicted octanol–water partition coefficient (Wildman–Crippen LogP) is 2.30. The molecule has 1 aliphatic heterocycles. The monoisotopic (exact) mass is 439 g/mol. The Labute approximate surface area is 186 Å². The van der Waals surface area contributed by atoms with E-state index in [0.717, 1.165) is 31.4 Å². The standard InChI is InChI=1S/C23H29N5O4/c1-3-31-10-5-9-24-20-17(22(29)25-13-16-6-4-11-32-16)12-18-21(27-20)26-19-8-7-15(2)14-28(19)23(18)30/h7-8,12,14,16H,3-6,9-11,13H2,1-2H3,(H,24,27)(H,25,29)/t16-/m0/s1. The fraction of sp³-hybridized carbons (Fsp3) is 0.478. The highest BCUT2D eigenvalue weighted by Crippen LogP contribution is 2.19. The number of carbonyl (C=O) groups is 1. The molecular formula is C23H29N5O4. The number of nitrogens with one attached hydrogen (secondary N) is 2. The fourth-order valence-electron chi connectivity index (χ4n) is 3.78.